The standard InChI is InChI=1S/C24H29FN6/c25-21-13-7-8-14-22(21)29-15-17-30(18-16-29)23(19-9-3-1-4-10-19)24-26-27-28-31(24)20-11-5-2-6-12-20/h1,3-4,7-10,13-14,20,23H,2,5-6,11-12,15-18H2/p+1/t23-/m0/s1. The third-order valence-electron chi connectivity index (χ3n) is 6.84. The molecule has 1 atom stereocenters. The molecule has 0 amide bonds. The highest BCUT2D eigenvalue weighted by atomic mass is 19.1. The number of nitrogens with one attached hydrogen (secondary N) is 1. The van der Waals surface area contributed by atoms with Gasteiger partial charge in [0.2, 0.25) is 5.82 Å². The average molecular weight is 422 g/mol. The van der Waals surface area contributed by atoms with Crippen molar-refractivity contribution in [3.63, 3.8) is 0 Å². The Bertz CT molecular complexity index is 976. The average Bonchev–Trinajstić information content (AvgIpc) is 3.31. The Kier molecular flexibility index (Phi) is 5.93. The number of aromatic nitrogens is 4. The Morgan fingerprint density at radius 1 is 0.903 bits per heavy atom. The lowest BCUT2D eigenvalue weighted by Crippen LogP contribution is -3.15. The first kappa shape index (κ1) is 20.1. The van der Waals surface area contributed by atoms with Crippen LogP contribution in [-0.2, 0) is 0 Å². The number of nitrogens with zero attached hydrogens (tertiary/aromatic N) is 5. The normalized spacial score (nSPS) is 19.5. The highest BCUT2D eigenvalue weighted by Crippen LogP contribution is 2.30. The third-order valence-corrected chi connectivity index (χ3v) is 6.84. The number of benzene rings is 2. The Morgan fingerprint density at radius 2 is 1.61 bits per heavy atom. The molecular weight excluding hydrogens is 391 g/mol. The number of anilines is 1. The van der Waals surface area contributed by atoms with Gasteiger partial charge in [-0.15, -0.1) is 5.10 Å². The summed E-state index contributed by atoms with van der Waals surface area (Å²) in [7, 11) is 0. The van der Waals surface area contributed by atoms with Crippen molar-refractivity contribution in [1.82, 2.24) is 20.2 Å². The van der Waals surface area contributed by atoms with Gasteiger partial charge in [0.05, 0.1) is 37.9 Å². The predicted octanol–water partition coefficient (Wildman–Crippen LogP) is 2.81. The van der Waals surface area contributed by atoms with Crippen molar-refractivity contribution in [3.05, 3.63) is 71.8 Å². The molecule has 2 aliphatic rings. The van der Waals surface area contributed by atoms with Crippen molar-refractivity contribution >= 4 is 5.69 Å². The molecule has 1 N–H and O–H groups in total. The molecule has 1 saturated carbocycles. The first-order valence-corrected chi connectivity index (χ1v) is 11.5. The topological polar surface area (TPSA) is 51.3 Å². The second-order valence-electron chi connectivity index (χ2n) is 8.71. The van der Waals surface area contributed by atoms with Crippen molar-refractivity contribution in [2.45, 2.75) is 44.2 Å². The minimum Gasteiger partial charge on any atom is -0.358 e. The quantitative estimate of drug-likeness (QED) is 0.688. The monoisotopic (exact) mass is 421 g/mol. The van der Waals surface area contributed by atoms with Crippen LogP contribution >= 0.6 is 0 Å². The number of tetrazole rings is 1. The van der Waals surface area contributed by atoms with Gasteiger partial charge >= 0.3 is 0 Å². The molecule has 0 bridgehead atoms. The second kappa shape index (κ2) is 9.14. The largest absolute Gasteiger partial charge is 0.358 e. The van der Waals surface area contributed by atoms with Crippen molar-refractivity contribution < 1.29 is 9.29 Å². The molecule has 2 heterocycles. The summed E-state index contributed by atoms with van der Waals surface area (Å²) in [5.74, 6) is 0.819. The van der Waals surface area contributed by atoms with Crippen molar-refractivity contribution in [2.75, 3.05) is 31.1 Å². The predicted molar refractivity (Wildman–Crippen MR) is 118 cm³/mol. The fourth-order valence-corrected chi connectivity index (χ4v) is 5.22. The minimum atomic E-state index is -0.146. The number of quaternary nitrogens is 1. The zero-order valence-electron chi connectivity index (χ0n) is 17.8. The van der Waals surface area contributed by atoms with Crippen LogP contribution in [-0.4, -0.2) is 46.4 Å². The molecule has 7 heteroatoms. The highest BCUT2D eigenvalue weighted by molar-refractivity contribution is 5.47. The molecule has 31 heavy (non-hydrogen) atoms. The first-order valence-electron chi connectivity index (χ1n) is 11.5. The van der Waals surface area contributed by atoms with Gasteiger partial charge in [-0.3, -0.25) is 0 Å². The second-order valence-corrected chi connectivity index (χ2v) is 8.71. The van der Waals surface area contributed by atoms with Crippen LogP contribution in [0.1, 0.15) is 55.6 Å². The minimum absolute atomic E-state index is 0.0842. The van der Waals surface area contributed by atoms with Crippen LogP contribution in [0.3, 0.4) is 0 Å². The van der Waals surface area contributed by atoms with E-state index in [1.54, 1.807) is 12.1 Å². The SMILES string of the molecule is Fc1ccccc1N1CC[NH+]([C@@H](c2ccccc2)c2nnnn2C2CCCCC2)CC1. The van der Waals surface area contributed by atoms with E-state index < -0.39 is 0 Å². The van der Waals surface area contributed by atoms with Gasteiger partial charge in [-0.1, -0.05) is 61.7 Å². The molecule has 0 spiro atoms. The van der Waals surface area contributed by atoms with Crippen molar-refractivity contribution in [1.29, 1.82) is 0 Å². The Morgan fingerprint density at radius 3 is 2.35 bits per heavy atom. The van der Waals surface area contributed by atoms with E-state index in [1.165, 1.54) is 29.7 Å². The summed E-state index contributed by atoms with van der Waals surface area (Å²) in [5.41, 5.74) is 1.94. The smallest absolute Gasteiger partial charge is 0.214 e. The van der Waals surface area contributed by atoms with Gasteiger partial charge in [0.15, 0.2) is 6.04 Å². The van der Waals surface area contributed by atoms with E-state index in [9.17, 15) is 4.39 Å². The Balaban J connectivity index is 1.41. The zero-order chi connectivity index (χ0) is 21.0. The maximum absolute atomic E-state index is 14.3. The van der Waals surface area contributed by atoms with Gasteiger partial charge in [0.25, 0.3) is 0 Å². The van der Waals surface area contributed by atoms with E-state index in [2.05, 4.69) is 55.4 Å². The Labute approximate surface area is 182 Å². The summed E-state index contributed by atoms with van der Waals surface area (Å²) < 4.78 is 16.4. The van der Waals surface area contributed by atoms with E-state index in [4.69, 9.17) is 0 Å². The summed E-state index contributed by atoms with van der Waals surface area (Å²) >= 11 is 0. The van der Waals surface area contributed by atoms with Crippen molar-refractivity contribution in [3.8, 4) is 0 Å². The Hall–Kier alpha value is -2.80. The number of piperazine rings is 1. The van der Waals surface area contributed by atoms with Gasteiger partial charge in [-0.2, -0.15) is 0 Å². The molecule has 2 aromatic carbocycles. The van der Waals surface area contributed by atoms with Crippen LogP contribution in [0.4, 0.5) is 10.1 Å². The molecule has 1 aliphatic carbocycles. The van der Waals surface area contributed by atoms with Crippen molar-refractivity contribution in [2.24, 2.45) is 0 Å². The van der Waals surface area contributed by atoms with E-state index in [1.807, 2.05) is 12.1 Å². The van der Waals surface area contributed by atoms with Gasteiger partial charge in [0.1, 0.15) is 5.82 Å². The molecule has 1 aromatic heterocycles. The lowest BCUT2D eigenvalue weighted by atomic mass is 9.95. The van der Waals surface area contributed by atoms with E-state index in [0.717, 1.165) is 44.8 Å². The summed E-state index contributed by atoms with van der Waals surface area (Å²) in [4.78, 5) is 3.59. The number of hydrogen-bond acceptors (Lipinski definition) is 4. The van der Waals surface area contributed by atoms with Gasteiger partial charge < -0.3 is 9.80 Å². The first-order chi connectivity index (χ1) is 15.3. The lowest BCUT2D eigenvalue weighted by Gasteiger charge is -2.37. The maximum Gasteiger partial charge on any atom is 0.214 e. The number of hydrogen-bond donors (Lipinski definition) is 1. The number of rotatable bonds is 5. The molecule has 0 unspecified atom stereocenters. The van der Waals surface area contributed by atoms with Gasteiger partial charge in [-0.05, 0) is 35.4 Å². The van der Waals surface area contributed by atoms with Crippen LogP contribution in [0.5, 0.6) is 0 Å². The van der Waals surface area contributed by atoms with Gasteiger partial charge in [-0.25, -0.2) is 9.07 Å². The van der Waals surface area contributed by atoms with Gasteiger partial charge in [0, 0.05) is 5.56 Å². The molecule has 0 radical (unpaired) electrons. The maximum atomic E-state index is 14.3. The summed E-state index contributed by atoms with van der Waals surface area (Å²) in [5, 5.41) is 13.1. The van der Waals surface area contributed by atoms with Crippen LogP contribution in [0.15, 0.2) is 54.6 Å². The zero-order valence-corrected chi connectivity index (χ0v) is 17.8. The lowest BCUT2D eigenvalue weighted by molar-refractivity contribution is -0.927. The molecule has 1 saturated heterocycles. The summed E-state index contributed by atoms with van der Waals surface area (Å²) in [6, 6.07) is 18.1. The highest BCUT2D eigenvalue weighted by Gasteiger charge is 2.36. The number of para-hydroxylation sites is 1. The summed E-state index contributed by atoms with van der Waals surface area (Å²) in [6.45, 7) is 3.44. The van der Waals surface area contributed by atoms with Crippen LogP contribution in [0, 0.1) is 5.82 Å². The van der Waals surface area contributed by atoms with E-state index in [0.29, 0.717) is 11.7 Å². The fourth-order valence-electron chi connectivity index (χ4n) is 5.22. The summed E-state index contributed by atoms with van der Waals surface area (Å²) in [6.07, 6.45) is 6.09. The van der Waals surface area contributed by atoms with Crippen LogP contribution in [0.25, 0.3) is 0 Å². The molecule has 1 aliphatic heterocycles. The third kappa shape index (κ3) is 4.19. The fraction of sp³-hybridized carbons (Fsp3) is 0.458. The molecule has 3 aromatic rings. The molecule has 5 rings (SSSR count). The van der Waals surface area contributed by atoms with E-state index >= 15 is 0 Å². The number of halogens is 1. The van der Waals surface area contributed by atoms with E-state index in [-0.39, 0.29) is 11.9 Å². The molecule has 6 nitrogen and oxygen atoms in total. The van der Waals surface area contributed by atoms with Crippen LogP contribution in [0.2, 0.25) is 0 Å². The molecule has 162 valence electrons. The molecular formula is C24H30FN6+. The van der Waals surface area contributed by atoms with Crippen LogP contribution < -0.4 is 9.80 Å². The molecule has 2 fully saturated rings.